The fourth-order valence-electron chi connectivity index (χ4n) is 1.33. The second kappa shape index (κ2) is 6.69. The summed E-state index contributed by atoms with van der Waals surface area (Å²) in [5.74, 6) is -0.0229. The lowest BCUT2D eigenvalue weighted by atomic mass is 10.7. The number of nitrogens with one attached hydrogen (secondary N) is 1. The van der Waals surface area contributed by atoms with Gasteiger partial charge in [-0.1, -0.05) is 0 Å². The molecular weight excluding hydrogens is 260 g/mol. The average Bonchev–Trinajstić information content (AvgIpc) is 2.64. The number of aromatic nitrogens is 2. The fraction of sp³-hybridized carbons (Fsp3) is 0.667. The zero-order valence-corrected chi connectivity index (χ0v) is 11.2. The second-order valence-corrected chi connectivity index (χ2v) is 5.23. The van der Waals surface area contributed by atoms with Gasteiger partial charge in [0.1, 0.15) is 0 Å². The van der Waals surface area contributed by atoms with Crippen LogP contribution in [0.3, 0.4) is 0 Å². The smallest absolute Gasteiger partial charge is 0.260 e. The first-order chi connectivity index (χ1) is 8.49. The monoisotopic (exact) mass is 278 g/mol. The molecule has 0 aliphatic carbocycles. The Morgan fingerprint density at radius 2 is 2.17 bits per heavy atom. The predicted molar refractivity (Wildman–Crippen MR) is 65.5 cm³/mol. The number of rotatable bonds is 8. The van der Waals surface area contributed by atoms with Crippen LogP contribution >= 0.6 is 0 Å². The van der Waals surface area contributed by atoms with E-state index in [2.05, 4.69) is 9.71 Å². The highest BCUT2D eigenvalue weighted by Gasteiger charge is 2.21. The molecule has 0 fully saturated rings. The second-order valence-electron chi connectivity index (χ2n) is 3.55. The standard InChI is InChI=1S/C9H18N4O4S/c1-13-7-11-8(10)9(13)18(14,15)12-3-4-17-6-5-16-2/h7,12H,3-6,10H2,1-2H3. The molecule has 104 valence electrons. The summed E-state index contributed by atoms with van der Waals surface area (Å²) in [5.41, 5.74) is 5.50. The van der Waals surface area contributed by atoms with Gasteiger partial charge in [-0.25, -0.2) is 18.1 Å². The number of ether oxygens (including phenoxy) is 2. The van der Waals surface area contributed by atoms with Crippen molar-refractivity contribution in [1.82, 2.24) is 14.3 Å². The highest BCUT2D eigenvalue weighted by Crippen LogP contribution is 2.14. The van der Waals surface area contributed by atoms with Gasteiger partial charge >= 0.3 is 0 Å². The zero-order valence-electron chi connectivity index (χ0n) is 10.4. The number of imidazole rings is 1. The minimum absolute atomic E-state index is 0.0229. The molecule has 1 aromatic heterocycles. The summed E-state index contributed by atoms with van der Waals surface area (Å²) < 4.78 is 37.4. The maximum atomic E-state index is 11.9. The summed E-state index contributed by atoms with van der Waals surface area (Å²) in [6, 6.07) is 0. The number of nitrogens with zero attached hydrogens (tertiary/aromatic N) is 2. The van der Waals surface area contributed by atoms with Crippen LogP contribution in [-0.4, -0.2) is 51.4 Å². The third-order valence-corrected chi connectivity index (χ3v) is 3.72. The van der Waals surface area contributed by atoms with Crippen LogP contribution < -0.4 is 10.5 Å². The molecule has 1 rings (SSSR count). The maximum Gasteiger partial charge on any atom is 0.260 e. The molecule has 0 amide bonds. The highest BCUT2D eigenvalue weighted by molar-refractivity contribution is 7.89. The maximum absolute atomic E-state index is 11.9. The third-order valence-electron chi connectivity index (χ3n) is 2.13. The molecule has 0 aliphatic rings. The van der Waals surface area contributed by atoms with Gasteiger partial charge in [0.15, 0.2) is 10.8 Å². The predicted octanol–water partition coefficient (Wildman–Crippen LogP) is -1.06. The number of methoxy groups -OCH3 is 1. The van der Waals surface area contributed by atoms with E-state index in [0.717, 1.165) is 0 Å². The molecule has 9 heteroatoms. The van der Waals surface area contributed by atoms with Crippen molar-refractivity contribution in [2.24, 2.45) is 7.05 Å². The first-order valence-electron chi connectivity index (χ1n) is 5.32. The van der Waals surface area contributed by atoms with Gasteiger partial charge in [-0.15, -0.1) is 0 Å². The lowest BCUT2D eigenvalue weighted by molar-refractivity contribution is 0.0736. The van der Waals surface area contributed by atoms with Gasteiger partial charge < -0.3 is 19.8 Å². The number of hydrogen-bond acceptors (Lipinski definition) is 6. The minimum Gasteiger partial charge on any atom is -0.382 e. The number of anilines is 1. The van der Waals surface area contributed by atoms with E-state index in [1.54, 1.807) is 14.2 Å². The SMILES string of the molecule is COCCOCCNS(=O)(=O)c1c(N)ncn1C. The van der Waals surface area contributed by atoms with Gasteiger partial charge in [0.2, 0.25) is 0 Å². The molecule has 1 aromatic rings. The lowest BCUT2D eigenvalue weighted by Gasteiger charge is -2.08. The molecule has 0 aliphatic heterocycles. The van der Waals surface area contributed by atoms with Gasteiger partial charge in [-0.2, -0.15) is 0 Å². The van der Waals surface area contributed by atoms with Crippen LogP contribution in [0, 0.1) is 0 Å². The quantitative estimate of drug-likeness (QED) is 0.587. The van der Waals surface area contributed by atoms with Gasteiger partial charge in [-0.05, 0) is 0 Å². The Bertz CT molecular complexity index is 451. The number of nitrogen functional groups attached to an aromatic ring is 1. The van der Waals surface area contributed by atoms with Gasteiger partial charge in [0.05, 0.1) is 26.1 Å². The van der Waals surface area contributed by atoms with E-state index in [9.17, 15) is 8.42 Å². The van der Waals surface area contributed by atoms with E-state index in [1.807, 2.05) is 0 Å². The van der Waals surface area contributed by atoms with E-state index in [4.69, 9.17) is 15.2 Å². The minimum atomic E-state index is -3.66. The fourth-order valence-corrected chi connectivity index (χ4v) is 2.57. The summed E-state index contributed by atoms with van der Waals surface area (Å²) in [4.78, 5) is 3.72. The third kappa shape index (κ3) is 3.95. The van der Waals surface area contributed by atoms with Crippen molar-refractivity contribution in [2.45, 2.75) is 5.03 Å². The van der Waals surface area contributed by atoms with Crippen molar-refractivity contribution < 1.29 is 17.9 Å². The van der Waals surface area contributed by atoms with Gasteiger partial charge in [-0.3, -0.25) is 0 Å². The summed E-state index contributed by atoms with van der Waals surface area (Å²) in [6.07, 6.45) is 1.35. The number of aryl methyl sites for hydroxylation is 1. The van der Waals surface area contributed by atoms with Crippen LogP contribution in [-0.2, 0) is 26.5 Å². The molecule has 18 heavy (non-hydrogen) atoms. The lowest BCUT2D eigenvalue weighted by Crippen LogP contribution is -2.29. The summed E-state index contributed by atoms with van der Waals surface area (Å²) in [5, 5.41) is -0.0422. The Morgan fingerprint density at radius 1 is 1.44 bits per heavy atom. The van der Waals surface area contributed by atoms with Gasteiger partial charge in [0, 0.05) is 20.7 Å². The molecule has 0 saturated carbocycles. The zero-order chi connectivity index (χ0) is 13.6. The topological polar surface area (TPSA) is 108 Å². The molecule has 8 nitrogen and oxygen atoms in total. The molecule has 0 atom stereocenters. The van der Waals surface area contributed by atoms with Crippen molar-refractivity contribution in [3.8, 4) is 0 Å². The average molecular weight is 278 g/mol. The Labute approximate surface area is 106 Å². The molecular formula is C9H18N4O4S. The Kier molecular flexibility index (Phi) is 5.54. The molecule has 0 bridgehead atoms. The van der Waals surface area contributed by atoms with Crippen molar-refractivity contribution in [1.29, 1.82) is 0 Å². The Hall–Kier alpha value is -1.16. The van der Waals surface area contributed by atoms with E-state index >= 15 is 0 Å². The first-order valence-corrected chi connectivity index (χ1v) is 6.80. The highest BCUT2D eigenvalue weighted by atomic mass is 32.2. The molecule has 0 saturated heterocycles. The van der Waals surface area contributed by atoms with Crippen LogP contribution in [0.5, 0.6) is 0 Å². The van der Waals surface area contributed by atoms with E-state index in [-0.39, 0.29) is 24.0 Å². The summed E-state index contributed by atoms with van der Waals surface area (Å²) >= 11 is 0. The Morgan fingerprint density at radius 3 is 2.72 bits per heavy atom. The van der Waals surface area contributed by atoms with Crippen molar-refractivity contribution >= 4 is 15.8 Å². The van der Waals surface area contributed by atoms with Gasteiger partial charge in [0.25, 0.3) is 10.0 Å². The number of hydrogen-bond donors (Lipinski definition) is 2. The van der Waals surface area contributed by atoms with Crippen molar-refractivity contribution in [3.63, 3.8) is 0 Å². The molecule has 1 heterocycles. The summed E-state index contributed by atoms with van der Waals surface area (Å²) in [7, 11) is -0.528. The van der Waals surface area contributed by atoms with E-state index in [0.29, 0.717) is 13.2 Å². The Balaban J connectivity index is 2.46. The molecule has 0 radical (unpaired) electrons. The normalized spacial score (nSPS) is 11.9. The van der Waals surface area contributed by atoms with Crippen LogP contribution in [0.2, 0.25) is 0 Å². The van der Waals surface area contributed by atoms with Crippen molar-refractivity contribution in [3.05, 3.63) is 6.33 Å². The van der Waals surface area contributed by atoms with Crippen LogP contribution in [0.1, 0.15) is 0 Å². The molecule has 0 spiro atoms. The van der Waals surface area contributed by atoms with E-state index < -0.39 is 10.0 Å². The summed E-state index contributed by atoms with van der Waals surface area (Å²) in [6.45, 7) is 1.32. The first kappa shape index (κ1) is 14.9. The largest absolute Gasteiger partial charge is 0.382 e. The van der Waals surface area contributed by atoms with Crippen LogP contribution in [0.25, 0.3) is 0 Å². The van der Waals surface area contributed by atoms with Crippen molar-refractivity contribution in [2.75, 3.05) is 39.2 Å². The molecule has 0 unspecified atom stereocenters. The molecule has 0 aromatic carbocycles. The number of nitrogens with two attached hydrogens (primary N) is 1. The van der Waals surface area contributed by atoms with Crippen LogP contribution in [0.4, 0.5) is 5.82 Å². The van der Waals surface area contributed by atoms with Crippen LogP contribution in [0.15, 0.2) is 11.4 Å². The molecule has 3 N–H and O–H groups in total. The van der Waals surface area contributed by atoms with E-state index in [1.165, 1.54) is 10.9 Å². The number of sulfonamides is 1.